The molecule has 9 heavy (non-hydrogen) atoms. The Morgan fingerprint density at radius 1 is 1.11 bits per heavy atom. The third kappa shape index (κ3) is 1.95. The molecule has 2 nitrogen and oxygen atoms in total. The van der Waals surface area contributed by atoms with E-state index in [1.54, 1.807) is 0 Å². The van der Waals surface area contributed by atoms with Gasteiger partial charge < -0.3 is 10.8 Å². The van der Waals surface area contributed by atoms with Crippen LogP contribution < -0.4 is 5.73 Å². The molecule has 1 aliphatic carbocycles. The lowest BCUT2D eigenvalue weighted by molar-refractivity contribution is 0.137. The second-order valence-electron chi connectivity index (χ2n) is 2.87. The first-order valence-corrected chi connectivity index (χ1v) is 3.74. The van der Waals surface area contributed by atoms with Crippen molar-refractivity contribution in [3.8, 4) is 0 Å². The summed E-state index contributed by atoms with van der Waals surface area (Å²) in [6.07, 6.45) is 5.26. The monoisotopic (exact) mass is 129 g/mol. The van der Waals surface area contributed by atoms with Gasteiger partial charge in [0.1, 0.15) is 0 Å². The normalized spacial score (nSPS) is 38.0. The number of aliphatic hydroxyl groups is 1. The SMILES string of the molecule is N[C@@H]1CCCCC[C@H]1O. The quantitative estimate of drug-likeness (QED) is 0.471. The van der Waals surface area contributed by atoms with Crippen molar-refractivity contribution in [3.63, 3.8) is 0 Å². The molecule has 0 bridgehead atoms. The highest BCUT2D eigenvalue weighted by atomic mass is 16.3. The van der Waals surface area contributed by atoms with Crippen LogP contribution in [0.15, 0.2) is 0 Å². The summed E-state index contributed by atoms with van der Waals surface area (Å²) in [6.45, 7) is 0. The van der Waals surface area contributed by atoms with Crippen molar-refractivity contribution in [2.24, 2.45) is 5.73 Å². The lowest BCUT2D eigenvalue weighted by Crippen LogP contribution is -2.33. The molecular formula is C7H15NO. The first kappa shape index (κ1) is 7.03. The van der Waals surface area contributed by atoms with Crippen molar-refractivity contribution in [1.29, 1.82) is 0 Å². The van der Waals surface area contributed by atoms with Crippen LogP contribution in [0.4, 0.5) is 0 Å². The van der Waals surface area contributed by atoms with Gasteiger partial charge in [0, 0.05) is 6.04 Å². The van der Waals surface area contributed by atoms with E-state index in [2.05, 4.69) is 0 Å². The van der Waals surface area contributed by atoms with Gasteiger partial charge in [-0.2, -0.15) is 0 Å². The van der Waals surface area contributed by atoms with E-state index in [4.69, 9.17) is 5.73 Å². The van der Waals surface area contributed by atoms with Crippen molar-refractivity contribution in [2.75, 3.05) is 0 Å². The molecule has 3 N–H and O–H groups in total. The Hall–Kier alpha value is -0.0800. The standard InChI is InChI=1S/C7H15NO/c8-6-4-2-1-3-5-7(6)9/h6-7,9H,1-5,8H2/t6-,7-/m1/s1. The van der Waals surface area contributed by atoms with Gasteiger partial charge in [-0.05, 0) is 12.8 Å². The molecule has 0 saturated heterocycles. The van der Waals surface area contributed by atoms with Gasteiger partial charge in [0.2, 0.25) is 0 Å². The second kappa shape index (κ2) is 3.18. The van der Waals surface area contributed by atoms with Gasteiger partial charge in [0.25, 0.3) is 0 Å². The molecular weight excluding hydrogens is 114 g/mol. The van der Waals surface area contributed by atoms with Gasteiger partial charge in [-0.3, -0.25) is 0 Å². The van der Waals surface area contributed by atoms with E-state index in [1.807, 2.05) is 0 Å². The molecule has 0 aromatic carbocycles. The Balaban J connectivity index is 2.32. The zero-order valence-electron chi connectivity index (χ0n) is 5.71. The summed E-state index contributed by atoms with van der Waals surface area (Å²) < 4.78 is 0. The predicted molar refractivity (Wildman–Crippen MR) is 37.1 cm³/mol. The summed E-state index contributed by atoms with van der Waals surface area (Å²) in [6, 6.07) is 0.0486. The average Bonchev–Trinajstić information content (AvgIpc) is 1.99. The van der Waals surface area contributed by atoms with Crippen LogP contribution in [0.5, 0.6) is 0 Å². The maximum atomic E-state index is 9.23. The lowest BCUT2D eigenvalue weighted by atomic mass is 10.1. The molecule has 0 amide bonds. The van der Waals surface area contributed by atoms with Gasteiger partial charge in [0.05, 0.1) is 6.10 Å². The number of nitrogens with two attached hydrogens (primary N) is 1. The van der Waals surface area contributed by atoms with Crippen LogP contribution in [0.1, 0.15) is 32.1 Å². The molecule has 0 spiro atoms. The predicted octanol–water partition coefficient (Wildman–Crippen LogP) is 0.639. The smallest absolute Gasteiger partial charge is 0.0691 e. The molecule has 2 heteroatoms. The minimum absolute atomic E-state index is 0.0486. The molecule has 54 valence electrons. The Kier molecular flexibility index (Phi) is 2.49. The van der Waals surface area contributed by atoms with E-state index in [1.165, 1.54) is 12.8 Å². The largest absolute Gasteiger partial charge is 0.392 e. The Morgan fingerprint density at radius 2 is 1.78 bits per heavy atom. The summed E-state index contributed by atoms with van der Waals surface area (Å²) in [5.74, 6) is 0. The third-order valence-electron chi connectivity index (χ3n) is 2.03. The van der Waals surface area contributed by atoms with Crippen LogP contribution in [0, 0.1) is 0 Å². The minimum atomic E-state index is -0.229. The summed E-state index contributed by atoms with van der Waals surface area (Å²) in [5, 5.41) is 9.23. The Morgan fingerprint density at radius 3 is 2.56 bits per heavy atom. The topological polar surface area (TPSA) is 46.2 Å². The van der Waals surface area contributed by atoms with Gasteiger partial charge in [-0.25, -0.2) is 0 Å². The summed E-state index contributed by atoms with van der Waals surface area (Å²) >= 11 is 0. The molecule has 1 fully saturated rings. The van der Waals surface area contributed by atoms with Crippen LogP contribution in [-0.4, -0.2) is 17.3 Å². The maximum Gasteiger partial charge on any atom is 0.0691 e. The van der Waals surface area contributed by atoms with Gasteiger partial charge >= 0.3 is 0 Å². The first-order chi connectivity index (χ1) is 4.30. The Labute approximate surface area is 56.1 Å². The fourth-order valence-corrected chi connectivity index (χ4v) is 1.32. The first-order valence-electron chi connectivity index (χ1n) is 3.74. The van der Waals surface area contributed by atoms with Gasteiger partial charge in [-0.1, -0.05) is 19.3 Å². The zero-order valence-corrected chi connectivity index (χ0v) is 5.71. The fourth-order valence-electron chi connectivity index (χ4n) is 1.32. The summed E-state index contributed by atoms with van der Waals surface area (Å²) in [5.41, 5.74) is 5.63. The molecule has 0 radical (unpaired) electrons. The highest BCUT2D eigenvalue weighted by molar-refractivity contribution is 4.74. The number of hydrogen-bond donors (Lipinski definition) is 2. The van der Waals surface area contributed by atoms with Crippen LogP contribution >= 0.6 is 0 Å². The maximum absolute atomic E-state index is 9.23. The van der Waals surface area contributed by atoms with Crippen LogP contribution in [0.2, 0.25) is 0 Å². The van der Waals surface area contributed by atoms with Crippen molar-refractivity contribution in [2.45, 2.75) is 44.2 Å². The van der Waals surface area contributed by atoms with Crippen LogP contribution in [0.25, 0.3) is 0 Å². The third-order valence-corrected chi connectivity index (χ3v) is 2.03. The highest BCUT2D eigenvalue weighted by Gasteiger charge is 2.16. The molecule has 0 unspecified atom stereocenters. The van der Waals surface area contributed by atoms with E-state index in [9.17, 15) is 5.11 Å². The average molecular weight is 129 g/mol. The number of rotatable bonds is 0. The minimum Gasteiger partial charge on any atom is -0.392 e. The molecule has 0 aromatic heterocycles. The number of hydrogen-bond acceptors (Lipinski definition) is 2. The lowest BCUT2D eigenvalue weighted by Gasteiger charge is -2.13. The summed E-state index contributed by atoms with van der Waals surface area (Å²) in [7, 11) is 0. The number of aliphatic hydroxyl groups excluding tert-OH is 1. The molecule has 2 atom stereocenters. The van der Waals surface area contributed by atoms with E-state index in [0.717, 1.165) is 19.3 Å². The second-order valence-corrected chi connectivity index (χ2v) is 2.87. The van der Waals surface area contributed by atoms with Gasteiger partial charge in [-0.15, -0.1) is 0 Å². The molecule has 1 aliphatic rings. The van der Waals surface area contributed by atoms with Crippen LogP contribution in [0.3, 0.4) is 0 Å². The van der Waals surface area contributed by atoms with E-state index in [-0.39, 0.29) is 12.1 Å². The molecule has 0 aromatic rings. The van der Waals surface area contributed by atoms with Crippen molar-refractivity contribution >= 4 is 0 Å². The van der Waals surface area contributed by atoms with E-state index >= 15 is 0 Å². The van der Waals surface area contributed by atoms with Gasteiger partial charge in [0.15, 0.2) is 0 Å². The Bertz CT molecular complexity index is 75.0. The molecule has 0 aliphatic heterocycles. The van der Waals surface area contributed by atoms with Crippen LogP contribution in [-0.2, 0) is 0 Å². The summed E-state index contributed by atoms with van der Waals surface area (Å²) in [4.78, 5) is 0. The molecule has 0 heterocycles. The van der Waals surface area contributed by atoms with Crippen molar-refractivity contribution in [3.05, 3.63) is 0 Å². The zero-order chi connectivity index (χ0) is 6.69. The van der Waals surface area contributed by atoms with E-state index in [0.29, 0.717) is 0 Å². The van der Waals surface area contributed by atoms with Crippen molar-refractivity contribution in [1.82, 2.24) is 0 Å². The van der Waals surface area contributed by atoms with Crippen molar-refractivity contribution < 1.29 is 5.11 Å². The fraction of sp³-hybridized carbons (Fsp3) is 1.00. The molecule has 1 rings (SSSR count). The highest BCUT2D eigenvalue weighted by Crippen LogP contribution is 2.15. The van der Waals surface area contributed by atoms with E-state index < -0.39 is 0 Å². The molecule has 1 saturated carbocycles.